The van der Waals surface area contributed by atoms with Crippen LogP contribution in [0, 0.1) is 0 Å². The molecule has 0 bridgehead atoms. The number of hydrazone groups is 1. The van der Waals surface area contributed by atoms with Crippen molar-refractivity contribution in [3.8, 4) is 0 Å². The van der Waals surface area contributed by atoms with Crippen molar-refractivity contribution in [2.75, 3.05) is 11.6 Å². The number of pyridine rings is 1. The average molecular weight is 253 g/mol. The van der Waals surface area contributed by atoms with E-state index in [0.717, 1.165) is 11.3 Å². The Labute approximate surface area is 110 Å². The Hall–Kier alpha value is -2.69. The SMILES string of the molecule is O=C1COC(c2cccnc2)=NN1c1ccccc1. The summed E-state index contributed by atoms with van der Waals surface area (Å²) in [5.74, 6) is 0.204. The topological polar surface area (TPSA) is 54.8 Å². The predicted molar refractivity (Wildman–Crippen MR) is 70.7 cm³/mol. The molecule has 0 atom stereocenters. The van der Waals surface area contributed by atoms with E-state index < -0.39 is 0 Å². The monoisotopic (exact) mass is 253 g/mol. The first-order chi connectivity index (χ1) is 9.34. The molecule has 2 aromatic rings. The van der Waals surface area contributed by atoms with Crippen molar-refractivity contribution in [2.24, 2.45) is 5.10 Å². The molecule has 1 amide bonds. The second kappa shape index (κ2) is 4.89. The number of ether oxygens (including phenoxy) is 1. The van der Waals surface area contributed by atoms with E-state index in [4.69, 9.17) is 4.74 Å². The molecule has 1 aromatic heterocycles. The molecule has 94 valence electrons. The molecule has 0 N–H and O–H groups in total. The summed E-state index contributed by atoms with van der Waals surface area (Å²) < 4.78 is 5.35. The van der Waals surface area contributed by atoms with Crippen molar-refractivity contribution in [3.05, 3.63) is 60.4 Å². The second-order valence-corrected chi connectivity index (χ2v) is 3.98. The van der Waals surface area contributed by atoms with Gasteiger partial charge in [-0.05, 0) is 24.3 Å². The van der Waals surface area contributed by atoms with Gasteiger partial charge < -0.3 is 4.74 Å². The summed E-state index contributed by atoms with van der Waals surface area (Å²) in [5, 5.41) is 5.59. The van der Waals surface area contributed by atoms with Crippen LogP contribution in [0.4, 0.5) is 5.69 Å². The zero-order valence-electron chi connectivity index (χ0n) is 10.1. The molecular formula is C14H11N3O2. The third-order valence-electron chi connectivity index (χ3n) is 2.67. The minimum absolute atomic E-state index is 0.0252. The lowest BCUT2D eigenvalue weighted by atomic mass is 10.3. The van der Waals surface area contributed by atoms with Crippen molar-refractivity contribution in [2.45, 2.75) is 0 Å². The van der Waals surface area contributed by atoms with E-state index in [1.54, 1.807) is 18.5 Å². The summed E-state index contributed by atoms with van der Waals surface area (Å²) in [6, 6.07) is 12.9. The fraction of sp³-hybridized carbons (Fsp3) is 0.0714. The Morgan fingerprint density at radius 2 is 1.95 bits per heavy atom. The number of hydrogen-bond donors (Lipinski definition) is 0. The molecule has 1 aliphatic rings. The number of rotatable bonds is 2. The summed E-state index contributed by atoms with van der Waals surface area (Å²) in [4.78, 5) is 15.9. The maximum Gasteiger partial charge on any atom is 0.285 e. The van der Waals surface area contributed by atoms with Crippen LogP contribution in [-0.2, 0) is 9.53 Å². The summed E-state index contributed by atoms with van der Waals surface area (Å²) in [5.41, 5.74) is 1.47. The van der Waals surface area contributed by atoms with Crippen LogP contribution >= 0.6 is 0 Å². The van der Waals surface area contributed by atoms with Gasteiger partial charge in [0.05, 0.1) is 11.3 Å². The third kappa shape index (κ3) is 2.30. The van der Waals surface area contributed by atoms with Crippen molar-refractivity contribution >= 4 is 17.5 Å². The Morgan fingerprint density at radius 1 is 1.11 bits per heavy atom. The molecular weight excluding hydrogens is 242 g/mol. The lowest BCUT2D eigenvalue weighted by molar-refractivity contribution is -0.121. The van der Waals surface area contributed by atoms with Gasteiger partial charge in [0.1, 0.15) is 0 Å². The molecule has 0 spiro atoms. The molecule has 0 aliphatic carbocycles. The summed E-state index contributed by atoms with van der Waals surface area (Å²) >= 11 is 0. The summed E-state index contributed by atoms with van der Waals surface area (Å²) in [6.07, 6.45) is 3.32. The molecule has 2 heterocycles. The van der Waals surface area contributed by atoms with Crippen molar-refractivity contribution in [3.63, 3.8) is 0 Å². The van der Waals surface area contributed by atoms with Crippen LogP contribution in [0.1, 0.15) is 5.56 Å². The van der Waals surface area contributed by atoms with Crippen molar-refractivity contribution in [1.29, 1.82) is 0 Å². The predicted octanol–water partition coefficient (Wildman–Crippen LogP) is 1.81. The molecule has 3 rings (SSSR count). The van der Waals surface area contributed by atoms with Gasteiger partial charge in [-0.2, -0.15) is 5.01 Å². The molecule has 0 fully saturated rings. The number of carbonyl (C=O) groups is 1. The van der Waals surface area contributed by atoms with Crippen molar-refractivity contribution < 1.29 is 9.53 Å². The zero-order chi connectivity index (χ0) is 13.1. The highest BCUT2D eigenvalue weighted by molar-refractivity contribution is 6.04. The molecule has 0 radical (unpaired) electrons. The Bertz CT molecular complexity index is 611. The number of nitrogens with zero attached hydrogens (tertiary/aromatic N) is 3. The maximum absolute atomic E-state index is 11.8. The Balaban J connectivity index is 1.98. The minimum Gasteiger partial charge on any atom is -0.466 e. The summed E-state index contributed by atoms with van der Waals surface area (Å²) in [6.45, 7) is -0.0252. The van der Waals surface area contributed by atoms with Crippen LogP contribution in [0.15, 0.2) is 60.0 Å². The average Bonchev–Trinajstić information content (AvgIpc) is 2.49. The van der Waals surface area contributed by atoms with Gasteiger partial charge in [0.15, 0.2) is 6.61 Å². The van der Waals surface area contributed by atoms with Gasteiger partial charge in [0, 0.05) is 12.4 Å². The first-order valence-corrected chi connectivity index (χ1v) is 5.84. The Morgan fingerprint density at radius 3 is 2.68 bits per heavy atom. The van der Waals surface area contributed by atoms with Gasteiger partial charge in [-0.15, -0.1) is 5.10 Å². The number of aromatic nitrogens is 1. The third-order valence-corrected chi connectivity index (χ3v) is 2.67. The van der Waals surface area contributed by atoms with Crippen LogP contribution in [0.3, 0.4) is 0 Å². The number of amides is 1. The molecule has 1 aliphatic heterocycles. The van der Waals surface area contributed by atoms with E-state index >= 15 is 0 Å². The van der Waals surface area contributed by atoms with E-state index in [9.17, 15) is 4.79 Å². The molecule has 1 aromatic carbocycles. The molecule has 5 heteroatoms. The number of hydrogen-bond acceptors (Lipinski definition) is 4. The smallest absolute Gasteiger partial charge is 0.285 e. The van der Waals surface area contributed by atoms with Crippen LogP contribution in [0.2, 0.25) is 0 Å². The summed E-state index contributed by atoms with van der Waals surface area (Å²) in [7, 11) is 0. The van der Waals surface area contributed by atoms with Gasteiger partial charge in [0.25, 0.3) is 5.91 Å². The van der Waals surface area contributed by atoms with Gasteiger partial charge in [-0.25, -0.2) is 0 Å². The van der Waals surface area contributed by atoms with E-state index in [2.05, 4.69) is 10.1 Å². The number of carbonyl (C=O) groups excluding carboxylic acids is 1. The Kier molecular flexibility index (Phi) is 2.94. The number of benzene rings is 1. The van der Waals surface area contributed by atoms with Gasteiger partial charge in [-0.3, -0.25) is 9.78 Å². The van der Waals surface area contributed by atoms with Crippen LogP contribution < -0.4 is 5.01 Å². The van der Waals surface area contributed by atoms with Crippen LogP contribution in [0.5, 0.6) is 0 Å². The molecule has 19 heavy (non-hydrogen) atoms. The lowest BCUT2D eigenvalue weighted by Crippen LogP contribution is -2.36. The fourth-order valence-electron chi connectivity index (χ4n) is 1.77. The van der Waals surface area contributed by atoms with E-state index in [1.165, 1.54) is 5.01 Å². The van der Waals surface area contributed by atoms with Crippen LogP contribution in [0.25, 0.3) is 0 Å². The lowest BCUT2D eigenvalue weighted by Gasteiger charge is -2.23. The van der Waals surface area contributed by atoms with E-state index in [-0.39, 0.29) is 12.5 Å². The first-order valence-electron chi connectivity index (χ1n) is 5.84. The maximum atomic E-state index is 11.8. The molecule has 0 unspecified atom stereocenters. The highest BCUT2D eigenvalue weighted by Gasteiger charge is 2.23. The molecule has 5 nitrogen and oxygen atoms in total. The fourth-order valence-corrected chi connectivity index (χ4v) is 1.77. The first kappa shape index (κ1) is 11.4. The van der Waals surface area contributed by atoms with Crippen molar-refractivity contribution in [1.82, 2.24) is 4.98 Å². The van der Waals surface area contributed by atoms with E-state index in [0.29, 0.717) is 5.90 Å². The highest BCUT2D eigenvalue weighted by Crippen LogP contribution is 2.18. The normalized spacial score (nSPS) is 14.8. The quantitative estimate of drug-likeness (QED) is 0.820. The van der Waals surface area contributed by atoms with Gasteiger partial charge >= 0.3 is 0 Å². The van der Waals surface area contributed by atoms with E-state index in [1.807, 2.05) is 36.4 Å². The number of para-hydroxylation sites is 1. The molecule has 0 saturated heterocycles. The standard InChI is InChI=1S/C14H11N3O2/c18-13-10-19-14(11-5-4-8-15-9-11)16-17(13)12-6-2-1-3-7-12/h1-9H,10H2. The second-order valence-electron chi connectivity index (χ2n) is 3.98. The minimum atomic E-state index is -0.196. The van der Waals surface area contributed by atoms with Gasteiger partial charge in [0.2, 0.25) is 5.90 Å². The number of anilines is 1. The largest absolute Gasteiger partial charge is 0.466 e. The zero-order valence-corrected chi connectivity index (χ0v) is 10.1. The highest BCUT2D eigenvalue weighted by atomic mass is 16.5. The van der Waals surface area contributed by atoms with Crippen LogP contribution in [-0.4, -0.2) is 23.4 Å². The van der Waals surface area contributed by atoms with Gasteiger partial charge in [-0.1, -0.05) is 18.2 Å². The molecule has 0 saturated carbocycles.